The van der Waals surface area contributed by atoms with Gasteiger partial charge in [-0.25, -0.2) is 4.98 Å². The fourth-order valence-corrected chi connectivity index (χ4v) is 1.28. The lowest BCUT2D eigenvalue weighted by molar-refractivity contribution is -0.113. The molecule has 66 valence electrons. The van der Waals surface area contributed by atoms with Gasteiger partial charge in [0.25, 0.3) is 0 Å². The fraction of sp³-hybridized carbons (Fsp3) is 0.333. The third kappa shape index (κ3) is 2.35. The van der Waals surface area contributed by atoms with Gasteiger partial charge in [-0.1, -0.05) is 11.3 Å². The molecule has 1 rings (SSSR count). The number of nitrogens with zero attached hydrogens (tertiary/aromatic N) is 1. The highest BCUT2D eigenvalue weighted by Crippen LogP contribution is 2.24. The number of methoxy groups -OCH3 is 1. The summed E-state index contributed by atoms with van der Waals surface area (Å²) >= 11 is 6.53. The number of aromatic nitrogens is 1. The number of ether oxygens (including phenoxy) is 1. The Kier molecular flexibility index (Phi) is 3.31. The van der Waals surface area contributed by atoms with Crippen molar-refractivity contribution in [1.29, 1.82) is 0 Å². The van der Waals surface area contributed by atoms with E-state index in [9.17, 15) is 4.79 Å². The zero-order valence-corrected chi connectivity index (χ0v) is 7.91. The zero-order chi connectivity index (χ0) is 8.97. The van der Waals surface area contributed by atoms with Gasteiger partial charge in [0.2, 0.25) is 5.91 Å². The van der Waals surface area contributed by atoms with Gasteiger partial charge in [0.15, 0.2) is 10.2 Å². The summed E-state index contributed by atoms with van der Waals surface area (Å²) in [6, 6.07) is 0. The van der Waals surface area contributed by atoms with E-state index in [1.165, 1.54) is 17.5 Å². The number of halogens is 1. The van der Waals surface area contributed by atoms with Gasteiger partial charge < -0.3 is 10.1 Å². The molecule has 12 heavy (non-hydrogen) atoms. The smallest absolute Gasteiger partial charge is 0.241 e. The first-order chi connectivity index (χ1) is 5.76. The summed E-state index contributed by atoms with van der Waals surface area (Å²) in [4.78, 5) is 14.6. The van der Waals surface area contributed by atoms with Crippen LogP contribution in [0.15, 0.2) is 6.20 Å². The van der Waals surface area contributed by atoms with Crippen molar-refractivity contribution >= 4 is 34.0 Å². The van der Waals surface area contributed by atoms with Crippen LogP contribution in [0.5, 0.6) is 5.06 Å². The van der Waals surface area contributed by atoms with E-state index in [1.54, 1.807) is 7.11 Å². The maximum absolute atomic E-state index is 10.8. The number of hydrogen-bond acceptors (Lipinski definition) is 4. The Bertz CT molecular complexity index is 276. The standard InChI is InChI=1S/C6H7ClN2O2S/c1-11-5-3-8-6(12-5)9-4(10)2-7/h3H,2H2,1H3,(H,8,9,10). The minimum Gasteiger partial charge on any atom is -0.486 e. The maximum Gasteiger partial charge on any atom is 0.241 e. The molecule has 0 unspecified atom stereocenters. The van der Waals surface area contributed by atoms with Crippen molar-refractivity contribution in [3.63, 3.8) is 0 Å². The topological polar surface area (TPSA) is 51.2 Å². The van der Waals surface area contributed by atoms with Crippen molar-refractivity contribution in [1.82, 2.24) is 4.98 Å². The van der Waals surface area contributed by atoms with Crippen molar-refractivity contribution < 1.29 is 9.53 Å². The van der Waals surface area contributed by atoms with Crippen molar-refractivity contribution in [2.45, 2.75) is 0 Å². The largest absolute Gasteiger partial charge is 0.486 e. The first-order valence-electron chi connectivity index (χ1n) is 3.12. The van der Waals surface area contributed by atoms with Crippen molar-refractivity contribution in [3.05, 3.63) is 6.20 Å². The number of alkyl halides is 1. The van der Waals surface area contributed by atoms with E-state index in [4.69, 9.17) is 16.3 Å². The van der Waals surface area contributed by atoms with Crippen LogP contribution in [0.4, 0.5) is 5.13 Å². The van der Waals surface area contributed by atoms with Crippen LogP contribution in [0.2, 0.25) is 0 Å². The highest BCUT2D eigenvalue weighted by Gasteiger charge is 2.04. The average Bonchev–Trinajstić information content (AvgIpc) is 2.52. The van der Waals surface area contributed by atoms with E-state index in [2.05, 4.69) is 10.3 Å². The van der Waals surface area contributed by atoms with Crippen LogP contribution in [-0.4, -0.2) is 23.9 Å². The van der Waals surface area contributed by atoms with Gasteiger partial charge >= 0.3 is 0 Å². The van der Waals surface area contributed by atoms with Crippen LogP contribution in [0.3, 0.4) is 0 Å². The predicted molar refractivity (Wildman–Crippen MR) is 48.0 cm³/mol. The molecule has 0 saturated heterocycles. The highest BCUT2D eigenvalue weighted by atomic mass is 35.5. The van der Waals surface area contributed by atoms with Crippen LogP contribution >= 0.6 is 22.9 Å². The number of nitrogens with one attached hydrogen (secondary N) is 1. The van der Waals surface area contributed by atoms with E-state index < -0.39 is 0 Å². The fourth-order valence-electron chi connectivity index (χ4n) is 0.564. The second kappa shape index (κ2) is 4.27. The minimum atomic E-state index is -0.270. The summed E-state index contributed by atoms with van der Waals surface area (Å²) < 4.78 is 4.88. The molecule has 0 aliphatic carbocycles. The van der Waals surface area contributed by atoms with Gasteiger partial charge in [0, 0.05) is 0 Å². The Hall–Kier alpha value is -0.810. The predicted octanol–water partition coefficient (Wildman–Crippen LogP) is 1.33. The molecule has 0 fully saturated rings. The van der Waals surface area contributed by atoms with Crippen LogP contribution in [0, 0.1) is 0 Å². The molecular weight excluding hydrogens is 200 g/mol. The van der Waals surface area contributed by atoms with Gasteiger partial charge in [0.05, 0.1) is 13.3 Å². The molecule has 0 atom stereocenters. The third-order valence-electron chi connectivity index (χ3n) is 1.05. The lowest BCUT2D eigenvalue weighted by Gasteiger charge is -1.94. The first kappa shape index (κ1) is 9.28. The molecule has 0 aliphatic heterocycles. The minimum absolute atomic E-state index is 0.0676. The van der Waals surface area contributed by atoms with Crippen molar-refractivity contribution in [2.24, 2.45) is 0 Å². The molecule has 0 spiro atoms. The normalized spacial score (nSPS) is 9.50. The number of anilines is 1. The number of thiazole rings is 1. The molecule has 4 nitrogen and oxygen atoms in total. The molecule has 1 aromatic rings. The summed E-state index contributed by atoms with van der Waals surface area (Å²) in [5, 5.41) is 3.65. The van der Waals surface area contributed by atoms with Gasteiger partial charge in [0.1, 0.15) is 5.88 Å². The van der Waals surface area contributed by atoms with Crippen LogP contribution in [0.25, 0.3) is 0 Å². The van der Waals surface area contributed by atoms with Gasteiger partial charge in [-0.15, -0.1) is 11.6 Å². The number of carbonyl (C=O) groups excluding carboxylic acids is 1. The van der Waals surface area contributed by atoms with Crippen molar-refractivity contribution in [3.8, 4) is 5.06 Å². The van der Waals surface area contributed by atoms with E-state index in [0.717, 1.165) is 0 Å². The molecule has 0 saturated carbocycles. The molecule has 6 heteroatoms. The van der Waals surface area contributed by atoms with Crippen LogP contribution in [-0.2, 0) is 4.79 Å². The van der Waals surface area contributed by atoms with Gasteiger partial charge in [-0.05, 0) is 0 Å². The lowest BCUT2D eigenvalue weighted by Crippen LogP contribution is -2.11. The molecular formula is C6H7ClN2O2S. The molecule has 0 bridgehead atoms. The lowest BCUT2D eigenvalue weighted by atomic mass is 10.7. The van der Waals surface area contributed by atoms with E-state index in [1.807, 2.05) is 0 Å². The summed E-state index contributed by atoms with van der Waals surface area (Å²) in [6.07, 6.45) is 1.54. The Labute approximate surface area is 78.5 Å². The number of rotatable bonds is 3. The second-order valence-electron chi connectivity index (χ2n) is 1.87. The van der Waals surface area contributed by atoms with E-state index >= 15 is 0 Å². The summed E-state index contributed by atoms with van der Waals surface area (Å²) in [5.74, 6) is -0.337. The second-order valence-corrected chi connectivity index (χ2v) is 3.13. The van der Waals surface area contributed by atoms with Crippen molar-refractivity contribution in [2.75, 3.05) is 18.3 Å². The first-order valence-corrected chi connectivity index (χ1v) is 4.47. The maximum atomic E-state index is 10.8. The molecule has 0 aliphatic rings. The van der Waals surface area contributed by atoms with E-state index in [-0.39, 0.29) is 11.8 Å². The SMILES string of the molecule is COc1cnc(NC(=O)CCl)s1. The molecule has 1 aromatic heterocycles. The summed E-state index contributed by atoms with van der Waals surface area (Å²) in [5.41, 5.74) is 0. The van der Waals surface area contributed by atoms with Crippen LogP contribution < -0.4 is 10.1 Å². The number of carbonyl (C=O) groups is 1. The van der Waals surface area contributed by atoms with Gasteiger partial charge in [-0.2, -0.15) is 0 Å². The Balaban J connectivity index is 2.58. The Morgan fingerprint density at radius 3 is 3.17 bits per heavy atom. The molecule has 1 amide bonds. The Morgan fingerprint density at radius 1 is 1.92 bits per heavy atom. The summed E-state index contributed by atoms with van der Waals surface area (Å²) in [7, 11) is 1.54. The highest BCUT2D eigenvalue weighted by molar-refractivity contribution is 7.17. The molecule has 0 aromatic carbocycles. The molecule has 1 heterocycles. The van der Waals surface area contributed by atoms with E-state index in [0.29, 0.717) is 10.2 Å². The van der Waals surface area contributed by atoms with Crippen LogP contribution in [0.1, 0.15) is 0 Å². The molecule has 1 N–H and O–H groups in total. The number of hydrogen-bond donors (Lipinski definition) is 1. The monoisotopic (exact) mass is 206 g/mol. The Morgan fingerprint density at radius 2 is 2.67 bits per heavy atom. The van der Waals surface area contributed by atoms with Gasteiger partial charge in [-0.3, -0.25) is 4.79 Å². The summed E-state index contributed by atoms with van der Waals surface area (Å²) in [6.45, 7) is 0. The average molecular weight is 207 g/mol. The quantitative estimate of drug-likeness (QED) is 0.760. The zero-order valence-electron chi connectivity index (χ0n) is 6.33. The molecule has 0 radical (unpaired) electrons. The third-order valence-corrected chi connectivity index (χ3v) is 2.17. The number of amides is 1.